The number of aromatic nitrogens is 2. The van der Waals surface area contributed by atoms with Gasteiger partial charge in [0.25, 0.3) is 0 Å². The predicted octanol–water partition coefficient (Wildman–Crippen LogP) is 5.08. The van der Waals surface area contributed by atoms with E-state index in [0.29, 0.717) is 36.8 Å². The van der Waals surface area contributed by atoms with Crippen molar-refractivity contribution in [1.82, 2.24) is 14.9 Å². The third-order valence-electron chi connectivity index (χ3n) is 7.35. The number of fused-ring (bicyclic) bond motifs is 2. The standard InChI is InChI=1S/C27H26F5N5O2/c1-15(16-7-6-8-18(21(16)29)27(30,31)32)33-23-17-13-37(20-10-5-4-9-19(20)28)24(38)26(11-12-36(2)14-26)22(17)34-25(35-23)39-3/h4-10,15H,11-14H2,1-3H3,(H,33,34,35)/t15-,26?/m1/s1. The molecule has 0 aliphatic carbocycles. The van der Waals surface area contributed by atoms with Gasteiger partial charge in [-0.3, -0.25) is 4.79 Å². The summed E-state index contributed by atoms with van der Waals surface area (Å²) in [6.07, 6.45) is -4.46. The van der Waals surface area contributed by atoms with Crippen molar-refractivity contribution in [3.05, 3.63) is 76.5 Å². The lowest BCUT2D eigenvalue weighted by molar-refractivity contribution is -0.140. The Morgan fingerprint density at radius 2 is 1.85 bits per heavy atom. The summed E-state index contributed by atoms with van der Waals surface area (Å²) in [5.74, 6) is -2.15. The van der Waals surface area contributed by atoms with Crippen LogP contribution in [-0.2, 0) is 22.9 Å². The molecule has 2 atom stereocenters. The van der Waals surface area contributed by atoms with Crippen LogP contribution in [0.15, 0.2) is 42.5 Å². The monoisotopic (exact) mass is 547 g/mol. The Bertz CT molecular complexity index is 1430. The summed E-state index contributed by atoms with van der Waals surface area (Å²) in [4.78, 5) is 26.2. The lowest BCUT2D eigenvalue weighted by Gasteiger charge is -2.40. The zero-order chi connectivity index (χ0) is 28.1. The number of hydrogen-bond donors (Lipinski definition) is 1. The number of nitrogens with one attached hydrogen (secondary N) is 1. The summed E-state index contributed by atoms with van der Waals surface area (Å²) in [5.41, 5.74) is -1.80. The van der Waals surface area contributed by atoms with Crippen LogP contribution in [0.1, 0.15) is 41.8 Å². The van der Waals surface area contributed by atoms with Crippen LogP contribution in [0.25, 0.3) is 0 Å². The molecule has 7 nitrogen and oxygen atoms in total. The number of halogens is 5. The van der Waals surface area contributed by atoms with E-state index in [2.05, 4.69) is 15.3 Å². The third kappa shape index (κ3) is 4.56. The maximum atomic E-state index is 15.0. The first kappa shape index (κ1) is 26.8. The lowest BCUT2D eigenvalue weighted by atomic mass is 9.76. The first-order chi connectivity index (χ1) is 18.5. The van der Waals surface area contributed by atoms with E-state index in [9.17, 15) is 26.7 Å². The highest BCUT2D eigenvalue weighted by atomic mass is 19.4. The largest absolute Gasteiger partial charge is 0.467 e. The Morgan fingerprint density at radius 1 is 1.10 bits per heavy atom. The predicted molar refractivity (Wildman–Crippen MR) is 133 cm³/mol. The molecule has 3 aromatic rings. The fourth-order valence-electron chi connectivity index (χ4n) is 5.43. The van der Waals surface area contributed by atoms with Crippen LogP contribution in [0, 0.1) is 11.6 Å². The number of ether oxygens (including phenoxy) is 1. The number of hydrogen-bond acceptors (Lipinski definition) is 6. The molecule has 1 N–H and O–H groups in total. The van der Waals surface area contributed by atoms with Crippen LogP contribution in [0.4, 0.5) is 33.5 Å². The van der Waals surface area contributed by atoms with Gasteiger partial charge in [-0.2, -0.15) is 23.1 Å². The SMILES string of the molecule is COc1nc(N[C@H](C)c2cccc(C(F)(F)F)c2F)c2c(n1)C1(CCN(C)C1)C(=O)N(c1ccccc1F)C2. The van der Waals surface area contributed by atoms with Crippen molar-refractivity contribution >= 4 is 17.4 Å². The number of likely N-dealkylation sites (N-methyl/N-ethyl adjacent to an activating group) is 1. The first-order valence-corrected chi connectivity index (χ1v) is 12.3. The maximum Gasteiger partial charge on any atom is 0.419 e. The molecule has 206 valence electrons. The van der Waals surface area contributed by atoms with E-state index in [1.54, 1.807) is 6.07 Å². The van der Waals surface area contributed by atoms with Gasteiger partial charge in [0.2, 0.25) is 5.91 Å². The lowest BCUT2D eigenvalue weighted by Crippen LogP contribution is -2.53. The average Bonchev–Trinajstić information content (AvgIpc) is 3.28. The Labute approximate surface area is 221 Å². The van der Waals surface area contributed by atoms with Gasteiger partial charge < -0.3 is 19.9 Å². The van der Waals surface area contributed by atoms with Crippen LogP contribution in [0.5, 0.6) is 6.01 Å². The van der Waals surface area contributed by atoms with Gasteiger partial charge >= 0.3 is 12.2 Å². The van der Waals surface area contributed by atoms with Crippen molar-refractivity contribution in [2.45, 2.75) is 37.5 Å². The second-order valence-electron chi connectivity index (χ2n) is 9.87. The molecule has 1 fully saturated rings. The highest BCUT2D eigenvalue weighted by Crippen LogP contribution is 2.45. The summed E-state index contributed by atoms with van der Waals surface area (Å²) >= 11 is 0. The van der Waals surface area contributed by atoms with Crippen molar-refractivity contribution in [3.8, 4) is 6.01 Å². The minimum Gasteiger partial charge on any atom is -0.467 e. The molecule has 1 aromatic heterocycles. The molecule has 12 heteroatoms. The quantitative estimate of drug-likeness (QED) is 0.450. The minimum atomic E-state index is -4.86. The molecule has 1 saturated heterocycles. The molecule has 2 aliphatic heterocycles. The fraction of sp³-hybridized carbons (Fsp3) is 0.370. The van der Waals surface area contributed by atoms with E-state index in [4.69, 9.17) is 4.74 Å². The van der Waals surface area contributed by atoms with Gasteiger partial charge in [-0.25, -0.2) is 8.78 Å². The summed E-state index contributed by atoms with van der Waals surface area (Å²) in [7, 11) is 3.21. The molecular formula is C27H26F5N5O2. The molecule has 0 radical (unpaired) electrons. The molecular weight excluding hydrogens is 521 g/mol. The Kier molecular flexibility index (Phi) is 6.69. The number of rotatable bonds is 5. The third-order valence-corrected chi connectivity index (χ3v) is 7.35. The smallest absolute Gasteiger partial charge is 0.419 e. The highest BCUT2D eigenvalue weighted by Gasteiger charge is 2.54. The van der Waals surface area contributed by atoms with Gasteiger partial charge in [0.05, 0.1) is 36.6 Å². The zero-order valence-corrected chi connectivity index (χ0v) is 21.4. The van der Waals surface area contributed by atoms with Crippen LogP contribution in [-0.4, -0.2) is 48.0 Å². The van der Waals surface area contributed by atoms with Crippen molar-refractivity contribution in [3.63, 3.8) is 0 Å². The summed E-state index contributed by atoms with van der Waals surface area (Å²) in [5, 5.41) is 3.02. The topological polar surface area (TPSA) is 70.6 Å². The second kappa shape index (κ2) is 9.74. The molecule has 2 aliphatic rings. The number of carbonyl (C=O) groups excluding carboxylic acids is 1. The number of para-hydroxylation sites is 1. The number of methoxy groups -OCH3 is 1. The van der Waals surface area contributed by atoms with E-state index in [-0.39, 0.29) is 35.5 Å². The molecule has 3 heterocycles. The zero-order valence-electron chi connectivity index (χ0n) is 21.4. The molecule has 1 amide bonds. The van der Waals surface area contributed by atoms with E-state index in [1.165, 1.54) is 43.2 Å². The summed E-state index contributed by atoms with van der Waals surface area (Å²) < 4.78 is 75.2. The molecule has 0 bridgehead atoms. The second-order valence-corrected chi connectivity index (χ2v) is 9.87. The highest BCUT2D eigenvalue weighted by molar-refractivity contribution is 6.03. The number of likely N-dealkylation sites (tertiary alicyclic amines) is 1. The van der Waals surface area contributed by atoms with Crippen LogP contribution >= 0.6 is 0 Å². The molecule has 5 rings (SSSR count). The average molecular weight is 548 g/mol. The van der Waals surface area contributed by atoms with Crippen molar-refractivity contribution in [2.24, 2.45) is 0 Å². The van der Waals surface area contributed by atoms with Crippen molar-refractivity contribution in [1.29, 1.82) is 0 Å². The number of nitrogens with zero attached hydrogens (tertiary/aromatic N) is 4. The van der Waals surface area contributed by atoms with Crippen LogP contribution in [0.2, 0.25) is 0 Å². The molecule has 0 saturated carbocycles. The van der Waals surface area contributed by atoms with Gasteiger partial charge in [0.1, 0.15) is 22.9 Å². The molecule has 1 spiro atoms. The molecule has 1 unspecified atom stereocenters. The number of alkyl halides is 3. The Morgan fingerprint density at radius 3 is 2.49 bits per heavy atom. The first-order valence-electron chi connectivity index (χ1n) is 12.3. The van der Waals surface area contributed by atoms with Gasteiger partial charge in [-0.15, -0.1) is 0 Å². The number of amides is 1. The molecule has 39 heavy (non-hydrogen) atoms. The minimum absolute atomic E-state index is 0.0611. The van der Waals surface area contributed by atoms with Crippen molar-refractivity contribution < 1.29 is 31.5 Å². The van der Waals surface area contributed by atoms with E-state index in [1.807, 2.05) is 11.9 Å². The summed E-state index contributed by atoms with van der Waals surface area (Å²) in [6, 6.07) is 7.96. The van der Waals surface area contributed by atoms with Crippen LogP contribution in [0.3, 0.4) is 0 Å². The Hall–Kier alpha value is -3.80. The van der Waals surface area contributed by atoms with Gasteiger partial charge in [0, 0.05) is 17.7 Å². The fourth-order valence-corrected chi connectivity index (χ4v) is 5.43. The van der Waals surface area contributed by atoms with Gasteiger partial charge in [-0.1, -0.05) is 24.3 Å². The maximum absolute atomic E-state index is 15.0. The van der Waals surface area contributed by atoms with Gasteiger partial charge in [0.15, 0.2) is 0 Å². The number of anilines is 2. The van der Waals surface area contributed by atoms with E-state index >= 15 is 0 Å². The Balaban J connectivity index is 1.64. The summed E-state index contributed by atoms with van der Waals surface area (Å²) in [6.45, 7) is 2.28. The van der Waals surface area contributed by atoms with Crippen LogP contribution < -0.4 is 15.0 Å². The normalized spacial score (nSPS) is 20.3. The van der Waals surface area contributed by atoms with E-state index < -0.39 is 34.8 Å². The molecule has 2 aromatic carbocycles. The number of carbonyl (C=O) groups is 1. The number of benzene rings is 2. The van der Waals surface area contributed by atoms with E-state index in [0.717, 1.165) is 6.07 Å². The van der Waals surface area contributed by atoms with Gasteiger partial charge in [-0.05, 0) is 45.1 Å². The van der Waals surface area contributed by atoms with Crippen molar-refractivity contribution in [2.75, 3.05) is 37.5 Å².